The Hall–Kier alpha value is -2.49. The minimum Gasteiger partial charge on any atom is -0.457 e. The molecule has 0 saturated carbocycles. The van der Waals surface area contributed by atoms with Crippen molar-refractivity contribution < 1.29 is 9.53 Å². The number of carbonyl (C=O) groups excluding carboxylic acids is 1. The first-order valence-electron chi connectivity index (χ1n) is 8.12. The average Bonchev–Trinajstić information content (AvgIpc) is 2.62. The van der Waals surface area contributed by atoms with E-state index in [4.69, 9.17) is 27.9 Å². The van der Waals surface area contributed by atoms with Crippen molar-refractivity contribution in [2.75, 3.05) is 0 Å². The predicted octanol–water partition coefficient (Wildman–Crippen LogP) is 6.28. The van der Waals surface area contributed by atoms with E-state index >= 15 is 0 Å². The zero-order chi connectivity index (χ0) is 18.5. The van der Waals surface area contributed by atoms with Crippen molar-refractivity contribution in [1.29, 1.82) is 0 Å². The molecular formula is C21H17Cl2NO2. The molecule has 3 aromatic carbocycles. The molecule has 0 aliphatic rings. The number of nitrogens with one attached hydrogen (secondary N) is 1. The molecular weight excluding hydrogens is 369 g/mol. The zero-order valence-electron chi connectivity index (χ0n) is 14.1. The van der Waals surface area contributed by atoms with E-state index in [0.717, 1.165) is 5.56 Å². The Bertz CT molecular complexity index is 913. The van der Waals surface area contributed by atoms with Crippen LogP contribution in [0.2, 0.25) is 10.0 Å². The van der Waals surface area contributed by atoms with Crippen molar-refractivity contribution in [3.8, 4) is 11.5 Å². The van der Waals surface area contributed by atoms with Crippen molar-refractivity contribution >= 4 is 29.1 Å². The van der Waals surface area contributed by atoms with Gasteiger partial charge in [-0.2, -0.15) is 0 Å². The molecule has 0 aliphatic carbocycles. The lowest BCUT2D eigenvalue weighted by atomic mass is 10.1. The minimum atomic E-state index is -0.281. The normalized spacial score (nSPS) is 11.7. The third kappa shape index (κ3) is 4.37. The molecule has 26 heavy (non-hydrogen) atoms. The van der Waals surface area contributed by atoms with E-state index in [1.54, 1.807) is 30.3 Å². The van der Waals surface area contributed by atoms with E-state index < -0.39 is 0 Å². The second kappa shape index (κ2) is 8.26. The maximum Gasteiger partial charge on any atom is 0.255 e. The van der Waals surface area contributed by atoms with Crippen LogP contribution in [0.3, 0.4) is 0 Å². The molecule has 5 heteroatoms. The van der Waals surface area contributed by atoms with E-state index in [-0.39, 0.29) is 11.9 Å². The fourth-order valence-corrected chi connectivity index (χ4v) is 3.14. The standard InChI is InChI=1S/C21H17Cl2NO2/c1-14(17-12-11-15(22)13-19(17)23)24-21(25)18-9-5-6-10-20(18)26-16-7-3-2-4-8-16/h2-14H,1H3,(H,24,25)/t14-/m0/s1. The van der Waals surface area contributed by atoms with Crippen molar-refractivity contribution in [3.05, 3.63) is 94.0 Å². The quantitative estimate of drug-likeness (QED) is 0.561. The highest BCUT2D eigenvalue weighted by molar-refractivity contribution is 6.35. The molecule has 3 nitrogen and oxygen atoms in total. The number of carbonyl (C=O) groups is 1. The van der Waals surface area contributed by atoms with Gasteiger partial charge in [-0.3, -0.25) is 4.79 Å². The number of halogens is 2. The molecule has 0 spiro atoms. The van der Waals surface area contributed by atoms with Gasteiger partial charge in [0.25, 0.3) is 5.91 Å². The number of ether oxygens (including phenoxy) is 1. The molecule has 0 bridgehead atoms. The van der Waals surface area contributed by atoms with E-state index in [2.05, 4.69) is 5.32 Å². The maximum atomic E-state index is 12.8. The fraction of sp³-hybridized carbons (Fsp3) is 0.0952. The third-order valence-corrected chi connectivity index (χ3v) is 4.44. The summed E-state index contributed by atoms with van der Waals surface area (Å²) in [6.45, 7) is 1.87. The van der Waals surface area contributed by atoms with Gasteiger partial charge in [0.1, 0.15) is 11.5 Å². The van der Waals surface area contributed by atoms with Gasteiger partial charge in [-0.05, 0) is 48.9 Å². The number of amides is 1. The number of benzene rings is 3. The first-order valence-corrected chi connectivity index (χ1v) is 8.88. The van der Waals surface area contributed by atoms with Gasteiger partial charge in [-0.25, -0.2) is 0 Å². The molecule has 3 aromatic rings. The molecule has 1 N–H and O–H groups in total. The van der Waals surface area contributed by atoms with Crippen molar-refractivity contribution in [1.82, 2.24) is 5.32 Å². The number of hydrogen-bond acceptors (Lipinski definition) is 2. The van der Waals surface area contributed by atoms with Crippen LogP contribution in [-0.2, 0) is 0 Å². The van der Waals surface area contributed by atoms with Gasteiger partial charge in [0.05, 0.1) is 11.6 Å². The Morgan fingerprint density at radius 3 is 2.38 bits per heavy atom. The number of hydrogen-bond donors (Lipinski definition) is 1. The van der Waals surface area contributed by atoms with Gasteiger partial charge in [-0.1, -0.05) is 59.6 Å². The molecule has 0 radical (unpaired) electrons. The molecule has 3 rings (SSSR count). The Morgan fingerprint density at radius 1 is 0.962 bits per heavy atom. The second-order valence-corrected chi connectivity index (χ2v) is 6.62. The van der Waals surface area contributed by atoms with Crippen LogP contribution in [0.4, 0.5) is 0 Å². The van der Waals surface area contributed by atoms with Crippen molar-refractivity contribution in [2.45, 2.75) is 13.0 Å². The zero-order valence-corrected chi connectivity index (χ0v) is 15.6. The van der Waals surface area contributed by atoms with Crippen molar-refractivity contribution in [2.24, 2.45) is 0 Å². The summed E-state index contributed by atoms with van der Waals surface area (Å²) >= 11 is 12.2. The molecule has 1 atom stereocenters. The molecule has 1 amide bonds. The fourth-order valence-electron chi connectivity index (χ4n) is 2.56. The summed E-state index contributed by atoms with van der Waals surface area (Å²) in [4.78, 5) is 12.8. The molecule has 0 unspecified atom stereocenters. The van der Waals surface area contributed by atoms with Crippen LogP contribution >= 0.6 is 23.2 Å². The lowest BCUT2D eigenvalue weighted by Gasteiger charge is -2.17. The maximum absolute atomic E-state index is 12.8. The molecule has 132 valence electrons. The molecule has 0 aromatic heterocycles. The predicted molar refractivity (Wildman–Crippen MR) is 105 cm³/mol. The summed E-state index contributed by atoms with van der Waals surface area (Å²) in [6, 6.07) is 21.4. The van der Waals surface area contributed by atoms with E-state index in [0.29, 0.717) is 27.1 Å². The summed E-state index contributed by atoms with van der Waals surface area (Å²) < 4.78 is 5.85. The van der Waals surface area contributed by atoms with E-state index in [1.807, 2.05) is 49.4 Å². The Kier molecular flexibility index (Phi) is 5.82. The van der Waals surface area contributed by atoms with Crippen LogP contribution in [0.25, 0.3) is 0 Å². The molecule has 0 fully saturated rings. The number of para-hydroxylation sites is 2. The summed E-state index contributed by atoms with van der Waals surface area (Å²) in [6.07, 6.45) is 0. The van der Waals surface area contributed by atoms with Gasteiger partial charge >= 0.3 is 0 Å². The monoisotopic (exact) mass is 385 g/mol. The molecule has 0 saturated heterocycles. The lowest BCUT2D eigenvalue weighted by Crippen LogP contribution is -2.27. The van der Waals surface area contributed by atoms with Gasteiger partial charge in [0, 0.05) is 10.0 Å². The van der Waals surface area contributed by atoms with Crippen LogP contribution in [0.1, 0.15) is 28.9 Å². The highest BCUT2D eigenvalue weighted by Crippen LogP contribution is 2.28. The van der Waals surface area contributed by atoms with Gasteiger partial charge in [-0.15, -0.1) is 0 Å². The smallest absolute Gasteiger partial charge is 0.255 e. The summed E-state index contributed by atoms with van der Waals surface area (Å²) in [5, 5.41) is 4.02. The topological polar surface area (TPSA) is 38.3 Å². The van der Waals surface area contributed by atoms with Crippen LogP contribution in [0.15, 0.2) is 72.8 Å². The van der Waals surface area contributed by atoms with Crippen LogP contribution < -0.4 is 10.1 Å². The third-order valence-electron chi connectivity index (χ3n) is 3.88. The Morgan fingerprint density at radius 2 is 1.65 bits per heavy atom. The molecule has 0 aliphatic heterocycles. The number of rotatable bonds is 5. The highest BCUT2D eigenvalue weighted by atomic mass is 35.5. The summed E-state index contributed by atoms with van der Waals surface area (Å²) in [7, 11) is 0. The largest absolute Gasteiger partial charge is 0.457 e. The van der Waals surface area contributed by atoms with Gasteiger partial charge < -0.3 is 10.1 Å². The molecule has 0 heterocycles. The van der Waals surface area contributed by atoms with Crippen LogP contribution in [0.5, 0.6) is 11.5 Å². The summed E-state index contributed by atoms with van der Waals surface area (Å²) in [5.74, 6) is 0.919. The van der Waals surface area contributed by atoms with Crippen molar-refractivity contribution in [3.63, 3.8) is 0 Å². The minimum absolute atomic E-state index is 0.241. The lowest BCUT2D eigenvalue weighted by molar-refractivity contribution is 0.0937. The SMILES string of the molecule is C[C@H](NC(=O)c1ccccc1Oc1ccccc1)c1ccc(Cl)cc1Cl. The first-order chi connectivity index (χ1) is 12.5. The average molecular weight is 386 g/mol. The van der Waals surface area contributed by atoms with E-state index in [9.17, 15) is 4.79 Å². The van der Waals surface area contributed by atoms with E-state index in [1.165, 1.54) is 0 Å². The summed E-state index contributed by atoms with van der Waals surface area (Å²) in [5.41, 5.74) is 1.25. The highest BCUT2D eigenvalue weighted by Gasteiger charge is 2.17. The van der Waals surface area contributed by atoms with Gasteiger partial charge in [0.2, 0.25) is 0 Å². The second-order valence-electron chi connectivity index (χ2n) is 5.77. The Labute approximate surface area is 162 Å². The van der Waals surface area contributed by atoms with Crippen LogP contribution in [0, 0.1) is 0 Å². The Balaban J connectivity index is 1.79. The first kappa shape index (κ1) is 18.3. The van der Waals surface area contributed by atoms with Gasteiger partial charge in [0.15, 0.2) is 0 Å². The van der Waals surface area contributed by atoms with Crippen LogP contribution in [-0.4, -0.2) is 5.91 Å².